The summed E-state index contributed by atoms with van der Waals surface area (Å²) < 4.78 is 18.0. The minimum Gasteiger partial charge on any atom is -0.494 e. The van der Waals surface area contributed by atoms with Crippen LogP contribution in [-0.2, 0) is 4.79 Å². The van der Waals surface area contributed by atoms with Gasteiger partial charge in [0.2, 0.25) is 0 Å². The lowest BCUT2D eigenvalue weighted by atomic mass is 10.2. The van der Waals surface area contributed by atoms with Gasteiger partial charge >= 0.3 is 0 Å². The molecule has 0 aromatic heterocycles. The van der Waals surface area contributed by atoms with Crippen LogP contribution in [0.2, 0.25) is 0 Å². The molecule has 0 atom stereocenters. The molecular weight excluding hydrogens is 325 g/mol. The molecule has 0 aliphatic heterocycles. The van der Waals surface area contributed by atoms with E-state index in [0.717, 1.165) is 0 Å². The minimum absolute atomic E-state index is 0.215. The standard InChI is InChI=1S/C18H18FN3O3/c1-2-25-16-9-5-14(6-10-16)18(24)20-12-17(23)22-21-11-13-3-7-15(19)8-4-13/h3-11H,2,12H2,1H3,(H,20,24)(H,22,23)/b21-11-. The van der Waals surface area contributed by atoms with Crippen molar-refractivity contribution in [1.29, 1.82) is 0 Å². The highest BCUT2D eigenvalue weighted by Crippen LogP contribution is 2.11. The third-order valence-corrected chi connectivity index (χ3v) is 3.11. The maximum atomic E-state index is 12.8. The molecule has 6 nitrogen and oxygen atoms in total. The van der Waals surface area contributed by atoms with Crippen molar-refractivity contribution in [3.63, 3.8) is 0 Å². The maximum absolute atomic E-state index is 12.8. The SMILES string of the molecule is CCOc1ccc(C(=O)NCC(=O)N/N=C\c2ccc(F)cc2)cc1. The van der Waals surface area contributed by atoms with Gasteiger partial charge in [-0.2, -0.15) is 5.10 Å². The van der Waals surface area contributed by atoms with Crippen LogP contribution in [0.3, 0.4) is 0 Å². The Balaban J connectivity index is 1.77. The van der Waals surface area contributed by atoms with Crippen LogP contribution >= 0.6 is 0 Å². The number of hydrogen-bond donors (Lipinski definition) is 2. The summed E-state index contributed by atoms with van der Waals surface area (Å²) in [5.74, 6) is -0.525. The molecule has 2 N–H and O–H groups in total. The molecule has 2 aromatic carbocycles. The van der Waals surface area contributed by atoms with Crippen LogP contribution in [0.25, 0.3) is 0 Å². The molecule has 0 saturated heterocycles. The summed E-state index contributed by atoms with van der Waals surface area (Å²) >= 11 is 0. The van der Waals surface area contributed by atoms with Crippen molar-refractivity contribution in [2.45, 2.75) is 6.92 Å². The Kier molecular flexibility index (Phi) is 6.65. The predicted octanol–water partition coefficient (Wildman–Crippen LogP) is 2.10. The smallest absolute Gasteiger partial charge is 0.259 e. The zero-order valence-electron chi connectivity index (χ0n) is 13.7. The third-order valence-electron chi connectivity index (χ3n) is 3.11. The molecule has 130 valence electrons. The number of nitrogens with one attached hydrogen (secondary N) is 2. The Morgan fingerprint density at radius 1 is 1.12 bits per heavy atom. The third kappa shape index (κ3) is 6.06. The van der Waals surface area contributed by atoms with Crippen LogP contribution in [0.5, 0.6) is 5.75 Å². The number of rotatable bonds is 7. The molecular formula is C18H18FN3O3. The van der Waals surface area contributed by atoms with Crippen LogP contribution in [0, 0.1) is 5.82 Å². The van der Waals surface area contributed by atoms with E-state index in [2.05, 4.69) is 15.8 Å². The number of hydrogen-bond acceptors (Lipinski definition) is 4. The molecule has 2 rings (SSSR count). The number of benzene rings is 2. The topological polar surface area (TPSA) is 79.8 Å². The molecule has 0 unspecified atom stereocenters. The Morgan fingerprint density at radius 3 is 2.44 bits per heavy atom. The predicted molar refractivity (Wildman–Crippen MR) is 92.1 cm³/mol. The molecule has 0 bridgehead atoms. The van der Waals surface area contributed by atoms with Gasteiger partial charge in [0.25, 0.3) is 11.8 Å². The van der Waals surface area contributed by atoms with Crippen LogP contribution in [0.4, 0.5) is 4.39 Å². The normalized spacial score (nSPS) is 10.5. The largest absolute Gasteiger partial charge is 0.494 e. The molecule has 0 radical (unpaired) electrons. The van der Waals surface area contributed by atoms with E-state index < -0.39 is 5.91 Å². The van der Waals surface area contributed by atoms with E-state index in [4.69, 9.17) is 4.74 Å². The van der Waals surface area contributed by atoms with Crippen molar-refractivity contribution in [2.75, 3.05) is 13.2 Å². The molecule has 2 amide bonds. The summed E-state index contributed by atoms with van der Waals surface area (Å²) in [7, 11) is 0. The monoisotopic (exact) mass is 343 g/mol. The van der Waals surface area contributed by atoms with E-state index >= 15 is 0 Å². The summed E-state index contributed by atoms with van der Waals surface area (Å²) in [5, 5.41) is 6.23. The lowest BCUT2D eigenvalue weighted by Crippen LogP contribution is -2.34. The van der Waals surface area contributed by atoms with Crippen molar-refractivity contribution in [3.8, 4) is 5.75 Å². The van der Waals surface area contributed by atoms with Crippen LogP contribution < -0.4 is 15.5 Å². The number of carbonyl (C=O) groups excluding carboxylic acids is 2. The Morgan fingerprint density at radius 2 is 1.80 bits per heavy atom. The first-order valence-corrected chi connectivity index (χ1v) is 7.67. The van der Waals surface area contributed by atoms with E-state index in [1.54, 1.807) is 24.3 Å². The van der Waals surface area contributed by atoms with Gasteiger partial charge in [-0.25, -0.2) is 9.82 Å². The van der Waals surface area contributed by atoms with Crippen molar-refractivity contribution in [1.82, 2.24) is 10.7 Å². The molecule has 0 aliphatic carbocycles. The first kappa shape index (κ1) is 18.1. The van der Waals surface area contributed by atoms with E-state index in [-0.39, 0.29) is 18.3 Å². The van der Waals surface area contributed by atoms with Gasteiger partial charge in [-0.05, 0) is 48.9 Å². The van der Waals surface area contributed by atoms with Crippen molar-refractivity contribution in [3.05, 3.63) is 65.5 Å². The second kappa shape index (κ2) is 9.17. The van der Waals surface area contributed by atoms with Crippen LogP contribution in [0.15, 0.2) is 53.6 Å². The fourth-order valence-electron chi connectivity index (χ4n) is 1.90. The molecule has 7 heteroatoms. The molecule has 0 saturated carbocycles. The van der Waals surface area contributed by atoms with E-state index in [1.807, 2.05) is 6.92 Å². The van der Waals surface area contributed by atoms with Gasteiger partial charge < -0.3 is 10.1 Å². The van der Waals surface area contributed by atoms with Gasteiger partial charge in [0, 0.05) is 5.56 Å². The number of carbonyl (C=O) groups is 2. The van der Waals surface area contributed by atoms with Crippen molar-refractivity contribution < 1.29 is 18.7 Å². The molecule has 0 heterocycles. The second-order valence-electron chi connectivity index (χ2n) is 4.98. The van der Waals surface area contributed by atoms with E-state index in [0.29, 0.717) is 23.5 Å². The number of amides is 2. The average molecular weight is 343 g/mol. The minimum atomic E-state index is -0.474. The Labute approximate surface area is 144 Å². The first-order chi connectivity index (χ1) is 12.1. The van der Waals surface area contributed by atoms with Crippen molar-refractivity contribution >= 4 is 18.0 Å². The highest BCUT2D eigenvalue weighted by molar-refractivity contribution is 5.96. The summed E-state index contributed by atoms with van der Waals surface area (Å²) in [4.78, 5) is 23.6. The van der Waals surface area contributed by atoms with Gasteiger partial charge in [0.1, 0.15) is 11.6 Å². The fraction of sp³-hybridized carbons (Fsp3) is 0.167. The lowest BCUT2D eigenvalue weighted by molar-refractivity contribution is -0.120. The summed E-state index contributed by atoms with van der Waals surface area (Å²) in [6.07, 6.45) is 1.38. The number of hydrazone groups is 1. The zero-order valence-corrected chi connectivity index (χ0v) is 13.7. The first-order valence-electron chi connectivity index (χ1n) is 7.67. The van der Waals surface area contributed by atoms with Gasteiger partial charge in [-0.1, -0.05) is 12.1 Å². The number of halogens is 1. The maximum Gasteiger partial charge on any atom is 0.259 e. The van der Waals surface area contributed by atoms with Gasteiger partial charge in [-0.3, -0.25) is 9.59 Å². The Bertz CT molecular complexity index is 743. The zero-order chi connectivity index (χ0) is 18.1. The molecule has 0 aliphatic rings. The quantitative estimate of drug-likeness (QED) is 0.597. The van der Waals surface area contributed by atoms with Crippen LogP contribution in [0.1, 0.15) is 22.8 Å². The molecule has 0 spiro atoms. The lowest BCUT2D eigenvalue weighted by Gasteiger charge is -2.06. The molecule has 25 heavy (non-hydrogen) atoms. The average Bonchev–Trinajstić information content (AvgIpc) is 2.62. The van der Waals surface area contributed by atoms with Gasteiger partial charge in [0.05, 0.1) is 19.4 Å². The molecule has 0 fully saturated rings. The van der Waals surface area contributed by atoms with Gasteiger partial charge in [-0.15, -0.1) is 0 Å². The summed E-state index contributed by atoms with van der Waals surface area (Å²) in [6, 6.07) is 12.2. The number of nitrogens with zero attached hydrogens (tertiary/aromatic N) is 1. The van der Waals surface area contributed by atoms with Gasteiger partial charge in [0.15, 0.2) is 0 Å². The second-order valence-corrected chi connectivity index (χ2v) is 4.98. The van der Waals surface area contributed by atoms with E-state index in [9.17, 15) is 14.0 Å². The van der Waals surface area contributed by atoms with E-state index in [1.165, 1.54) is 30.5 Å². The Hall–Kier alpha value is -3.22. The summed E-state index contributed by atoms with van der Waals surface area (Å²) in [5.41, 5.74) is 3.34. The van der Waals surface area contributed by atoms with Crippen LogP contribution in [-0.4, -0.2) is 31.2 Å². The fourth-order valence-corrected chi connectivity index (χ4v) is 1.90. The highest BCUT2D eigenvalue weighted by atomic mass is 19.1. The highest BCUT2D eigenvalue weighted by Gasteiger charge is 2.07. The molecule has 2 aromatic rings. The number of ether oxygens (including phenoxy) is 1. The summed E-state index contributed by atoms with van der Waals surface area (Å²) in [6.45, 7) is 2.20. The van der Waals surface area contributed by atoms with Crippen molar-refractivity contribution in [2.24, 2.45) is 5.10 Å².